The first-order chi connectivity index (χ1) is 8.58. The van der Waals surface area contributed by atoms with Crippen LogP contribution in [0.1, 0.15) is 36.5 Å². The van der Waals surface area contributed by atoms with Crippen LogP contribution in [0.2, 0.25) is 0 Å². The molecule has 1 aliphatic carbocycles. The summed E-state index contributed by atoms with van der Waals surface area (Å²) in [7, 11) is 0. The maximum atomic E-state index is 13.4. The van der Waals surface area contributed by atoms with Gasteiger partial charge >= 0.3 is 5.97 Å². The molecule has 4 heteroatoms. The van der Waals surface area contributed by atoms with Crippen molar-refractivity contribution in [3.05, 3.63) is 29.6 Å². The molecule has 98 valence electrons. The van der Waals surface area contributed by atoms with Gasteiger partial charge in [0.2, 0.25) is 0 Å². The molecule has 0 aliphatic heterocycles. The molecule has 0 bridgehead atoms. The first-order valence-corrected chi connectivity index (χ1v) is 6.33. The van der Waals surface area contributed by atoms with Crippen molar-refractivity contribution >= 4 is 11.7 Å². The summed E-state index contributed by atoms with van der Waals surface area (Å²) in [6.07, 6.45) is 3.54. The summed E-state index contributed by atoms with van der Waals surface area (Å²) >= 11 is 0. The van der Waals surface area contributed by atoms with Gasteiger partial charge < -0.3 is 10.4 Å². The van der Waals surface area contributed by atoms with E-state index in [1.165, 1.54) is 18.6 Å². The van der Waals surface area contributed by atoms with E-state index in [0.29, 0.717) is 18.2 Å². The van der Waals surface area contributed by atoms with E-state index in [4.69, 9.17) is 5.11 Å². The number of anilines is 1. The SMILES string of the molecule is CC1CCC(CNc2cccc(F)c2C(=O)O)C1. The van der Waals surface area contributed by atoms with Crippen molar-refractivity contribution in [2.45, 2.75) is 26.2 Å². The number of rotatable bonds is 4. The number of carbonyl (C=O) groups is 1. The zero-order valence-corrected chi connectivity index (χ0v) is 10.4. The van der Waals surface area contributed by atoms with Gasteiger partial charge in [-0.2, -0.15) is 0 Å². The highest BCUT2D eigenvalue weighted by atomic mass is 19.1. The lowest BCUT2D eigenvalue weighted by molar-refractivity contribution is 0.0693. The minimum absolute atomic E-state index is 0.261. The van der Waals surface area contributed by atoms with E-state index < -0.39 is 11.8 Å². The largest absolute Gasteiger partial charge is 0.478 e. The topological polar surface area (TPSA) is 49.3 Å². The molecule has 18 heavy (non-hydrogen) atoms. The van der Waals surface area contributed by atoms with Gasteiger partial charge in [-0.25, -0.2) is 9.18 Å². The van der Waals surface area contributed by atoms with Crippen LogP contribution in [0.5, 0.6) is 0 Å². The van der Waals surface area contributed by atoms with Crippen LogP contribution >= 0.6 is 0 Å². The van der Waals surface area contributed by atoms with Crippen molar-refractivity contribution in [3.8, 4) is 0 Å². The number of hydrogen-bond donors (Lipinski definition) is 2. The molecule has 2 N–H and O–H groups in total. The van der Waals surface area contributed by atoms with E-state index in [9.17, 15) is 9.18 Å². The second-order valence-corrected chi connectivity index (χ2v) is 5.13. The van der Waals surface area contributed by atoms with Gasteiger partial charge in [-0.1, -0.05) is 19.4 Å². The zero-order chi connectivity index (χ0) is 13.1. The number of carboxylic acids is 1. The maximum absolute atomic E-state index is 13.4. The molecule has 1 saturated carbocycles. The molecule has 0 heterocycles. The first-order valence-electron chi connectivity index (χ1n) is 6.33. The molecule has 0 spiro atoms. The smallest absolute Gasteiger partial charge is 0.340 e. The first kappa shape index (κ1) is 12.9. The molecule has 0 amide bonds. The Morgan fingerprint density at radius 3 is 2.89 bits per heavy atom. The third-order valence-corrected chi connectivity index (χ3v) is 3.61. The monoisotopic (exact) mass is 251 g/mol. The standard InChI is InChI=1S/C14H18FNO2/c1-9-5-6-10(7-9)8-16-12-4-2-3-11(15)13(12)14(17)18/h2-4,9-10,16H,5-8H2,1H3,(H,17,18). The predicted molar refractivity (Wildman–Crippen MR) is 68.4 cm³/mol. The minimum Gasteiger partial charge on any atom is -0.478 e. The highest BCUT2D eigenvalue weighted by Crippen LogP contribution is 2.30. The molecule has 1 aromatic rings. The third kappa shape index (κ3) is 2.81. The van der Waals surface area contributed by atoms with Crippen molar-refractivity contribution in [1.82, 2.24) is 0 Å². The summed E-state index contributed by atoms with van der Waals surface area (Å²) in [6, 6.07) is 4.32. The average Bonchev–Trinajstić information content (AvgIpc) is 2.72. The fraction of sp³-hybridized carbons (Fsp3) is 0.500. The van der Waals surface area contributed by atoms with Gasteiger partial charge in [-0.05, 0) is 36.8 Å². The van der Waals surface area contributed by atoms with Crippen LogP contribution in [-0.2, 0) is 0 Å². The van der Waals surface area contributed by atoms with Crippen molar-refractivity contribution in [2.24, 2.45) is 11.8 Å². The van der Waals surface area contributed by atoms with Crippen LogP contribution in [0.4, 0.5) is 10.1 Å². The van der Waals surface area contributed by atoms with Crippen LogP contribution in [-0.4, -0.2) is 17.6 Å². The number of nitrogens with one attached hydrogen (secondary N) is 1. The molecule has 0 aromatic heterocycles. The fourth-order valence-corrected chi connectivity index (χ4v) is 2.65. The van der Waals surface area contributed by atoms with E-state index in [-0.39, 0.29) is 5.56 Å². The summed E-state index contributed by atoms with van der Waals surface area (Å²) < 4.78 is 13.4. The van der Waals surface area contributed by atoms with Crippen molar-refractivity contribution in [3.63, 3.8) is 0 Å². The van der Waals surface area contributed by atoms with Crippen LogP contribution in [0, 0.1) is 17.7 Å². The van der Waals surface area contributed by atoms with Gasteiger partial charge in [0.25, 0.3) is 0 Å². The quantitative estimate of drug-likeness (QED) is 0.862. The van der Waals surface area contributed by atoms with Crippen molar-refractivity contribution in [1.29, 1.82) is 0 Å². The second kappa shape index (κ2) is 5.38. The lowest BCUT2D eigenvalue weighted by Crippen LogP contribution is -2.15. The Morgan fingerprint density at radius 2 is 2.28 bits per heavy atom. The molecular formula is C14H18FNO2. The summed E-state index contributed by atoms with van der Waals surface area (Å²) in [4.78, 5) is 11.0. The molecule has 0 saturated heterocycles. The Kier molecular flexibility index (Phi) is 3.84. The number of hydrogen-bond acceptors (Lipinski definition) is 2. The van der Waals surface area contributed by atoms with Gasteiger partial charge in [-0.3, -0.25) is 0 Å². The Hall–Kier alpha value is -1.58. The van der Waals surface area contributed by atoms with Crippen LogP contribution in [0.15, 0.2) is 18.2 Å². The zero-order valence-electron chi connectivity index (χ0n) is 10.4. The molecule has 3 nitrogen and oxygen atoms in total. The van der Waals surface area contributed by atoms with Crippen LogP contribution in [0.3, 0.4) is 0 Å². The van der Waals surface area contributed by atoms with E-state index >= 15 is 0 Å². The van der Waals surface area contributed by atoms with Crippen LogP contribution in [0.25, 0.3) is 0 Å². The number of halogens is 1. The summed E-state index contributed by atoms with van der Waals surface area (Å²) in [5, 5.41) is 12.1. The highest BCUT2D eigenvalue weighted by Gasteiger charge is 2.22. The molecule has 2 unspecified atom stereocenters. The molecule has 1 aromatic carbocycles. The minimum atomic E-state index is -1.23. The van der Waals surface area contributed by atoms with Gasteiger partial charge in [0.05, 0.1) is 5.69 Å². The normalized spacial score (nSPS) is 23.0. The lowest BCUT2D eigenvalue weighted by atomic mass is 10.1. The summed E-state index contributed by atoms with van der Waals surface area (Å²) in [5.74, 6) is -0.615. The van der Waals surface area contributed by atoms with E-state index in [1.54, 1.807) is 6.07 Å². The molecular weight excluding hydrogens is 233 g/mol. The third-order valence-electron chi connectivity index (χ3n) is 3.61. The summed E-state index contributed by atoms with van der Waals surface area (Å²) in [6.45, 7) is 2.94. The molecule has 1 aliphatic rings. The van der Waals surface area contributed by atoms with Gasteiger partial charge in [-0.15, -0.1) is 0 Å². The highest BCUT2D eigenvalue weighted by molar-refractivity contribution is 5.94. The Labute approximate surface area is 106 Å². The predicted octanol–water partition coefficient (Wildman–Crippen LogP) is 3.37. The van der Waals surface area contributed by atoms with Crippen molar-refractivity contribution in [2.75, 3.05) is 11.9 Å². The number of carboxylic acid groups (broad SMARTS) is 1. The molecule has 1 fully saturated rings. The second-order valence-electron chi connectivity index (χ2n) is 5.13. The average molecular weight is 251 g/mol. The van der Waals surface area contributed by atoms with Crippen molar-refractivity contribution < 1.29 is 14.3 Å². The van der Waals surface area contributed by atoms with Gasteiger partial charge in [0.1, 0.15) is 11.4 Å². The number of benzene rings is 1. The van der Waals surface area contributed by atoms with Crippen LogP contribution < -0.4 is 5.32 Å². The van der Waals surface area contributed by atoms with E-state index in [1.807, 2.05) is 0 Å². The Bertz CT molecular complexity index is 447. The Morgan fingerprint density at radius 1 is 1.50 bits per heavy atom. The molecule has 0 radical (unpaired) electrons. The van der Waals surface area contributed by atoms with Gasteiger partial charge in [0, 0.05) is 6.54 Å². The molecule has 2 rings (SSSR count). The lowest BCUT2D eigenvalue weighted by Gasteiger charge is -2.14. The van der Waals surface area contributed by atoms with E-state index in [2.05, 4.69) is 12.2 Å². The summed E-state index contributed by atoms with van der Waals surface area (Å²) in [5.41, 5.74) is 0.116. The Balaban J connectivity index is 2.05. The number of aromatic carboxylic acids is 1. The maximum Gasteiger partial charge on any atom is 0.340 e. The molecule has 2 atom stereocenters. The van der Waals surface area contributed by atoms with Gasteiger partial charge in [0.15, 0.2) is 0 Å². The van der Waals surface area contributed by atoms with E-state index in [0.717, 1.165) is 18.8 Å². The fourth-order valence-electron chi connectivity index (χ4n) is 2.65.